The molecule has 3 nitrogen and oxygen atoms in total. The van der Waals surface area contributed by atoms with Gasteiger partial charge in [0.25, 0.3) is 5.91 Å². The molecule has 4 heteroatoms. The quantitative estimate of drug-likeness (QED) is 0.841. The molecule has 1 aromatic heterocycles. The first-order chi connectivity index (χ1) is 9.61. The smallest absolute Gasteiger partial charge is 0.254 e. The molecular formula is C16H20N2OS. The molecule has 0 aliphatic rings. The van der Waals surface area contributed by atoms with Gasteiger partial charge >= 0.3 is 0 Å². The summed E-state index contributed by atoms with van der Waals surface area (Å²) in [7, 11) is 3.96. The fourth-order valence-corrected chi connectivity index (χ4v) is 2.74. The van der Waals surface area contributed by atoms with Gasteiger partial charge in [0.15, 0.2) is 0 Å². The van der Waals surface area contributed by atoms with Crippen molar-refractivity contribution >= 4 is 22.9 Å². The maximum absolute atomic E-state index is 12.6. The van der Waals surface area contributed by atoms with Gasteiger partial charge in [0.2, 0.25) is 0 Å². The van der Waals surface area contributed by atoms with Crippen molar-refractivity contribution in [1.82, 2.24) is 4.90 Å². The van der Waals surface area contributed by atoms with Gasteiger partial charge in [0.05, 0.1) is 6.54 Å². The largest absolute Gasteiger partial charge is 0.378 e. The van der Waals surface area contributed by atoms with E-state index in [-0.39, 0.29) is 5.91 Å². The van der Waals surface area contributed by atoms with Crippen LogP contribution in [0.5, 0.6) is 0 Å². The van der Waals surface area contributed by atoms with Crippen LogP contribution in [0.3, 0.4) is 0 Å². The summed E-state index contributed by atoms with van der Waals surface area (Å²) in [5, 5.41) is 2.04. The molecule has 0 spiro atoms. The molecule has 0 atom stereocenters. The second kappa shape index (κ2) is 6.57. The van der Waals surface area contributed by atoms with E-state index in [0.29, 0.717) is 13.1 Å². The molecule has 20 heavy (non-hydrogen) atoms. The summed E-state index contributed by atoms with van der Waals surface area (Å²) in [5.74, 6) is 0.0876. The topological polar surface area (TPSA) is 23.6 Å². The van der Waals surface area contributed by atoms with Crippen molar-refractivity contribution in [2.24, 2.45) is 0 Å². The minimum absolute atomic E-state index is 0.0876. The van der Waals surface area contributed by atoms with E-state index in [1.54, 1.807) is 11.3 Å². The summed E-state index contributed by atoms with van der Waals surface area (Å²) >= 11 is 1.69. The standard InChI is InChI=1S/C16H20N2OS/c1-4-18(12-15-9-6-10-20-15)16(19)13-7-5-8-14(11-13)17(2)3/h5-11H,4,12H2,1-3H3. The Bertz CT molecular complexity index is 564. The van der Waals surface area contributed by atoms with Crippen LogP contribution >= 0.6 is 11.3 Å². The predicted molar refractivity (Wildman–Crippen MR) is 85.5 cm³/mol. The Morgan fingerprint density at radius 1 is 1.20 bits per heavy atom. The van der Waals surface area contributed by atoms with Crippen LogP contribution in [0.2, 0.25) is 0 Å². The summed E-state index contributed by atoms with van der Waals surface area (Å²) in [6.45, 7) is 3.41. The van der Waals surface area contributed by atoms with E-state index in [9.17, 15) is 4.79 Å². The van der Waals surface area contributed by atoms with Gasteiger partial charge in [-0.1, -0.05) is 12.1 Å². The lowest BCUT2D eigenvalue weighted by atomic mass is 10.1. The van der Waals surface area contributed by atoms with E-state index in [2.05, 4.69) is 6.07 Å². The van der Waals surface area contributed by atoms with Crippen molar-refractivity contribution in [3.05, 3.63) is 52.2 Å². The second-order valence-electron chi connectivity index (χ2n) is 4.84. The third-order valence-corrected chi connectivity index (χ3v) is 4.07. The first kappa shape index (κ1) is 14.6. The Morgan fingerprint density at radius 2 is 2.00 bits per heavy atom. The second-order valence-corrected chi connectivity index (χ2v) is 5.88. The number of amides is 1. The van der Waals surface area contributed by atoms with Crippen LogP contribution in [0.15, 0.2) is 41.8 Å². The average Bonchev–Trinajstić information content (AvgIpc) is 2.97. The van der Waals surface area contributed by atoms with E-state index < -0.39 is 0 Å². The molecule has 106 valence electrons. The summed E-state index contributed by atoms with van der Waals surface area (Å²) in [6.07, 6.45) is 0. The molecule has 2 rings (SSSR count). The predicted octanol–water partition coefficient (Wildman–Crippen LogP) is 3.48. The van der Waals surface area contributed by atoms with E-state index in [4.69, 9.17) is 0 Å². The van der Waals surface area contributed by atoms with Crippen LogP contribution in [0.4, 0.5) is 5.69 Å². The van der Waals surface area contributed by atoms with Gasteiger partial charge < -0.3 is 9.80 Å². The third-order valence-electron chi connectivity index (χ3n) is 3.21. The molecule has 0 bridgehead atoms. The lowest BCUT2D eigenvalue weighted by Gasteiger charge is -2.21. The zero-order valence-electron chi connectivity index (χ0n) is 12.2. The molecule has 0 N–H and O–H groups in total. The van der Waals surface area contributed by atoms with E-state index >= 15 is 0 Å². The molecular weight excluding hydrogens is 268 g/mol. The van der Waals surface area contributed by atoms with Crippen molar-refractivity contribution in [3.8, 4) is 0 Å². The fourth-order valence-electron chi connectivity index (χ4n) is 2.02. The van der Waals surface area contributed by atoms with Gasteiger partial charge in [-0.05, 0) is 36.6 Å². The Labute approximate surface area is 124 Å². The van der Waals surface area contributed by atoms with Crippen molar-refractivity contribution in [3.63, 3.8) is 0 Å². The van der Waals surface area contributed by atoms with Crippen LogP contribution < -0.4 is 4.90 Å². The van der Waals surface area contributed by atoms with Gasteiger partial charge in [-0.15, -0.1) is 11.3 Å². The van der Waals surface area contributed by atoms with Crippen LogP contribution in [-0.2, 0) is 6.54 Å². The van der Waals surface area contributed by atoms with Gasteiger partial charge in [0, 0.05) is 36.8 Å². The molecule has 0 aliphatic heterocycles. The van der Waals surface area contributed by atoms with Crippen molar-refractivity contribution in [2.75, 3.05) is 25.5 Å². The minimum Gasteiger partial charge on any atom is -0.378 e. The number of hydrogen-bond donors (Lipinski definition) is 0. The van der Waals surface area contributed by atoms with Crippen molar-refractivity contribution in [1.29, 1.82) is 0 Å². The number of anilines is 1. The highest BCUT2D eigenvalue weighted by atomic mass is 32.1. The SMILES string of the molecule is CCN(Cc1cccs1)C(=O)c1cccc(N(C)C)c1. The molecule has 2 aromatic rings. The zero-order chi connectivity index (χ0) is 14.5. The van der Waals surface area contributed by atoms with Crippen LogP contribution in [0, 0.1) is 0 Å². The number of carbonyl (C=O) groups excluding carboxylic acids is 1. The molecule has 0 unspecified atom stereocenters. The van der Waals surface area contributed by atoms with E-state index in [1.165, 1.54) is 4.88 Å². The number of benzene rings is 1. The van der Waals surface area contributed by atoms with Crippen molar-refractivity contribution < 1.29 is 4.79 Å². The highest BCUT2D eigenvalue weighted by Gasteiger charge is 2.15. The van der Waals surface area contributed by atoms with Crippen LogP contribution in [0.25, 0.3) is 0 Å². The summed E-state index contributed by atoms with van der Waals surface area (Å²) in [5.41, 5.74) is 1.79. The fraction of sp³-hybridized carbons (Fsp3) is 0.312. The third kappa shape index (κ3) is 3.39. The molecule has 0 saturated heterocycles. The van der Waals surface area contributed by atoms with Gasteiger partial charge in [-0.3, -0.25) is 4.79 Å². The number of nitrogens with zero attached hydrogens (tertiary/aromatic N) is 2. The van der Waals surface area contributed by atoms with Crippen molar-refractivity contribution in [2.45, 2.75) is 13.5 Å². The Hall–Kier alpha value is -1.81. The van der Waals surface area contributed by atoms with Gasteiger partial charge in [-0.2, -0.15) is 0 Å². The van der Waals surface area contributed by atoms with Crippen LogP contribution in [-0.4, -0.2) is 31.4 Å². The number of thiophene rings is 1. The summed E-state index contributed by atoms with van der Waals surface area (Å²) < 4.78 is 0. The van der Waals surface area contributed by atoms with Gasteiger partial charge in [-0.25, -0.2) is 0 Å². The Balaban J connectivity index is 2.17. The summed E-state index contributed by atoms with van der Waals surface area (Å²) in [4.78, 5) is 17.7. The highest BCUT2D eigenvalue weighted by Crippen LogP contribution is 2.17. The first-order valence-corrected chi connectivity index (χ1v) is 7.59. The number of carbonyl (C=O) groups is 1. The molecule has 1 heterocycles. The van der Waals surface area contributed by atoms with E-state index in [1.807, 2.05) is 66.5 Å². The average molecular weight is 288 g/mol. The summed E-state index contributed by atoms with van der Waals surface area (Å²) in [6, 6.07) is 11.8. The maximum Gasteiger partial charge on any atom is 0.254 e. The normalized spacial score (nSPS) is 10.3. The lowest BCUT2D eigenvalue weighted by Crippen LogP contribution is -2.30. The molecule has 0 saturated carbocycles. The molecule has 0 fully saturated rings. The zero-order valence-corrected chi connectivity index (χ0v) is 13.0. The monoisotopic (exact) mass is 288 g/mol. The van der Waals surface area contributed by atoms with Crippen LogP contribution in [0.1, 0.15) is 22.2 Å². The Morgan fingerprint density at radius 3 is 2.60 bits per heavy atom. The highest BCUT2D eigenvalue weighted by molar-refractivity contribution is 7.09. The Kier molecular flexibility index (Phi) is 4.79. The molecule has 0 aliphatic carbocycles. The number of rotatable bonds is 5. The van der Waals surface area contributed by atoms with Gasteiger partial charge in [0.1, 0.15) is 0 Å². The molecule has 0 radical (unpaired) electrons. The first-order valence-electron chi connectivity index (χ1n) is 6.71. The molecule has 1 aromatic carbocycles. The minimum atomic E-state index is 0.0876. The maximum atomic E-state index is 12.6. The number of hydrogen-bond acceptors (Lipinski definition) is 3. The molecule has 1 amide bonds. The lowest BCUT2D eigenvalue weighted by molar-refractivity contribution is 0.0754. The van der Waals surface area contributed by atoms with E-state index in [0.717, 1.165) is 11.3 Å².